The zero-order valence-electron chi connectivity index (χ0n) is 7.61. The standard InChI is InChI=1S/C9H19ClO/c1-3-4-5-6-7-9(2)11-8-10/h9H,3-8H2,1-2H3. The lowest BCUT2D eigenvalue weighted by Gasteiger charge is -2.09. The van der Waals surface area contributed by atoms with Gasteiger partial charge in [0.2, 0.25) is 0 Å². The van der Waals surface area contributed by atoms with Crippen molar-refractivity contribution in [2.75, 3.05) is 6.07 Å². The van der Waals surface area contributed by atoms with Gasteiger partial charge in [0.15, 0.2) is 0 Å². The Kier molecular flexibility index (Phi) is 8.54. The molecular formula is C9H19ClO. The second-order valence-electron chi connectivity index (χ2n) is 2.94. The van der Waals surface area contributed by atoms with Crippen molar-refractivity contribution in [3.63, 3.8) is 0 Å². The Balaban J connectivity index is 2.97. The van der Waals surface area contributed by atoms with E-state index in [4.69, 9.17) is 16.3 Å². The highest BCUT2D eigenvalue weighted by Crippen LogP contribution is 2.07. The number of rotatable bonds is 7. The fraction of sp³-hybridized carbons (Fsp3) is 1.00. The number of halogens is 1. The lowest BCUT2D eigenvalue weighted by molar-refractivity contribution is 0.0928. The van der Waals surface area contributed by atoms with Crippen molar-refractivity contribution in [3.05, 3.63) is 0 Å². The number of hydrogen-bond acceptors (Lipinski definition) is 1. The summed E-state index contributed by atoms with van der Waals surface area (Å²) in [6.45, 7) is 4.30. The predicted molar refractivity (Wildman–Crippen MR) is 50.0 cm³/mol. The summed E-state index contributed by atoms with van der Waals surface area (Å²) in [6, 6.07) is 0.328. The lowest BCUT2D eigenvalue weighted by Crippen LogP contribution is -2.06. The van der Waals surface area contributed by atoms with Gasteiger partial charge in [-0.25, -0.2) is 0 Å². The van der Waals surface area contributed by atoms with Gasteiger partial charge in [0.05, 0.1) is 6.10 Å². The molecule has 0 aromatic rings. The third-order valence-corrected chi connectivity index (χ3v) is 1.94. The lowest BCUT2D eigenvalue weighted by atomic mass is 10.1. The molecule has 0 aliphatic rings. The topological polar surface area (TPSA) is 9.23 Å². The number of ether oxygens (including phenoxy) is 1. The molecule has 0 saturated heterocycles. The van der Waals surface area contributed by atoms with Crippen LogP contribution in [0.3, 0.4) is 0 Å². The molecule has 0 spiro atoms. The summed E-state index contributed by atoms with van der Waals surface area (Å²) in [5.74, 6) is 0. The SMILES string of the molecule is CCCCCCC(C)OCCl. The Hall–Kier alpha value is 0.250. The highest BCUT2D eigenvalue weighted by molar-refractivity contribution is 6.17. The van der Waals surface area contributed by atoms with Crippen molar-refractivity contribution in [2.45, 2.75) is 52.1 Å². The normalized spacial score (nSPS) is 13.4. The molecule has 0 aromatic heterocycles. The number of alkyl halides is 1. The summed E-state index contributed by atoms with van der Waals surface area (Å²) in [4.78, 5) is 0. The van der Waals surface area contributed by atoms with Crippen LogP contribution in [0.25, 0.3) is 0 Å². The quantitative estimate of drug-likeness (QED) is 0.428. The zero-order valence-corrected chi connectivity index (χ0v) is 8.36. The van der Waals surface area contributed by atoms with Crippen LogP contribution in [0.5, 0.6) is 0 Å². The first-order valence-corrected chi connectivity index (χ1v) is 5.02. The van der Waals surface area contributed by atoms with Gasteiger partial charge in [-0.05, 0) is 13.3 Å². The first kappa shape index (κ1) is 11.2. The predicted octanol–water partition coefficient (Wildman–Crippen LogP) is 3.56. The molecule has 0 radical (unpaired) electrons. The second-order valence-corrected chi connectivity index (χ2v) is 3.15. The average Bonchev–Trinajstić information content (AvgIpc) is 1.99. The van der Waals surface area contributed by atoms with E-state index in [0.717, 1.165) is 6.42 Å². The highest BCUT2D eigenvalue weighted by atomic mass is 35.5. The minimum atomic E-state index is 0.328. The van der Waals surface area contributed by atoms with E-state index < -0.39 is 0 Å². The van der Waals surface area contributed by atoms with Gasteiger partial charge in [-0.3, -0.25) is 0 Å². The third-order valence-electron chi connectivity index (χ3n) is 1.81. The molecule has 11 heavy (non-hydrogen) atoms. The third kappa shape index (κ3) is 8.15. The van der Waals surface area contributed by atoms with Crippen molar-refractivity contribution in [1.82, 2.24) is 0 Å². The molecule has 1 atom stereocenters. The molecule has 0 saturated carbocycles. The van der Waals surface area contributed by atoms with E-state index in [-0.39, 0.29) is 0 Å². The Morgan fingerprint density at radius 3 is 2.55 bits per heavy atom. The van der Waals surface area contributed by atoms with E-state index in [1.165, 1.54) is 25.7 Å². The number of hydrogen-bond donors (Lipinski definition) is 0. The van der Waals surface area contributed by atoms with Gasteiger partial charge in [0.1, 0.15) is 6.07 Å². The first-order chi connectivity index (χ1) is 5.31. The summed E-state index contributed by atoms with van der Waals surface area (Å²) in [5, 5.41) is 0. The van der Waals surface area contributed by atoms with Crippen molar-refractivity contribution in [2.24, 2.45) is 0 Å². The van der Waals surface area contributed by atoms with Gasteiger partial charge in [0, 0.05) is 0 Å². The molecule has 0 rings (SSSR count). The van der Waals surface area contributed by atoms with Gasteiger partial charge in [0.25, 0.3) is 0 Å². The van der Waals surface area contributed by atoms with Crippen LogP contribution in [0.1, 0.15) is 46.0 Å². The van der Waals surface area contributed by atoms with E-state index in [1.54, 1.807) is 0 Å². The Labute approximate surface area is 75.1 Å². The molecule has 1 nitrogen and oxygen atoms in total. The van der Waals surface area contributed by atoms with E-state index in [9.17, 15) is 0 Å². The van der Waals surface area contributed by atoms with E-state index in [2.05, 4.69) is 13.8 Å². The van der Waals surface area contributed by atoms with Crippen LogP contribution in [0.15, 0.2) is 0 Å². The molecule has 0 aromatic carbocycles. The second kappa shape index (κ2) is 8.35. The van der Waals surface area contributed by atoms with Crippen LogP contribution >= 0.6 is 11.6 Å². The minimum absolute atomic E-state index is 0.328. The first-order valence-electron chi connectivity index (χ1n) is 4.48. The summed E-state index contributed by atoms with van der Waals surface area (Å²) in [7, 11) is 0. The summed E-state index contributed by atoms with van der Waals surface area (Å²) in [6.07, 6.45) is 6.72. The van der Waals surface area contributed by atoms with Gasteiger partial charge in [-0.15, -0.1) is 0 Å². The van der Waals surface area contributed by atoms with Gasteiger partial charge in [-0.1, -0.05) is 44.2 Å². The highest BCUT2D eigenvalue weighted by Gasteiger charge is 1.99. The van der Waals surface area contributed by atoms with Crippen molar-refractivity contribution in [1.29, 1.82) is 0 Å². The Morgan fingerprint density at radius 1 is 1.27 bits per heavy atom. The van der Waals surface area contributed by atoms with Gasteiger partial charge in [-0.2, -0.15) is 0 Å². The Bertz CT molecular complexity index is 76.0. The maximum Gasteiger partial charge on any atom is 0.121 e. The summed E-state index contributed by atoms with van der Waals surface area (Å²) in [5.41, 5.74) is 0. The molecule has 0 bridgehead atoms. The molecule has 0 aliphatic heterocycles. The van der Waals surface area contributed by atoms with Crippen LogP contribution in [0.4, 0.5) is 0 Å². The Morgan fingerprint density at radius 2 is 2.00 bits per heavy atom. The summed E-state index contributed by atoms with van der Waals surface area (Å²) >= 11 is 5.41. The maximum absolute atomic E-state index is 5.41. The van der Waals surface area contributed by atoms with Crippen LogP contribution in [-0.2, 0) is 4.74 Å². The zero-order chi connectivity index (χ0) is 8.53. The van der Waals surface area contributed by atoms with E-state index >= 15 is 0 Å². The van der Waals surface area contributed by atoms with Crippen molar-refractivity contribution < 1.29 is 4.74 Å². The molecular weight excluding hydrogens is 160 g/mol. The molecule has 0 amide bonds. The number of unbranched alkanes of at least 4 members (excludes halogenated alkanes) is 3. The molecule has 0 fully saturated rings. The van der Waals surface area contributed by atoms with E-state index in [0.29, 0.717) is 12.2 Å². The van der Waals surface area contributed by atoms with Gasteiger partial charge < -0.3 is 4.74 Å². The van der Waals surface area contributed by atoms with Crippen LogP contribution in [-0.4, -0.2) is 12.2 Å². The maximum atomic E-state index is 5.41. The van der Waals surface area contributed by atoms with Crippen LogP contribution in [0, 0.1) is 0 Å². The molecule has 0 heterocycles. The van der Waals surface area contributed by atoms with Crippen molar-refractivity contribution in [3.8, 4) is 0 Å². The van der Waals surface area contributed by atoms with Gasteiger partial charge >= 0.3 is 0 Å². The molecule has 0 N–H and O–H groups in total. The largest absolute Gasteiger partial charge is 0.363 e. The monoisotopic (exact) mass is 178 g/mol. The minimum Gasteiger partial charge on any atom is -0.363 e. The molecule has 68 valence electrons. The smallest absolute Gasteiger partial charge is 0.121 e. The molecule has 1 unspecified atom stereocenters. The van der Waals surface area contributed by atoms with Crippen LogP contribution < -0.4 is 0 Å². The average molecular weight is 179 g/mol. The van der Waals surface area contributed by atoms with Crippen LogP contribution in [0.2, 0.25) is 0 Å². The van der Waals surface area contributed by atoms with Crippen molar-refractivity contribution >= 4 is 11.6 Å². The molecule has 2 heteroatoms. The molecule has 0 aliphatic carbocycles. The van der Waals surface area contributed by atoms with E-state index in [1.807, 2.05) is 0 Å². The fourth-order valence-corrected chi connectivity index (χ4v) is 1.26. The summed E-state index contributed by atoms with van der Waals surface area (Å²) < 4.78 is 5.19. The fourth-order valence-electron chi connectivity index (χ4n) is 1.05.